The normalized spacial score (nSPS) is 19.2. The van der Waals surface area contributed by atoms with Crippen LogP contribution in [-0.2, 0) is 16.1 Å². The Hall–Kier alpha value is -2.53. The van der Waals surface area contributed by atoms with Crippen molar-refractivity contribution in [3.8, 4) is 6.07 Å². The van der Waals surface area contributed by atoms with Gasteiger partial charge in [-0.25, -0.2) is 4.98 Å². The van der Waals surface area contributed by atoms with Crippen LogP contribution in [0.3, 0.4) is 0 Å². The van der Waals surface area contributed by atoms with Gasteiger partial charge in [-0.3, -0.25) is 4.79 Å². The number of amides is 1. The molecule has 0 N–H and O–H groups in total. The van der Waals surface area contributed by atoms with Crippen molar-refractivity contribution in [3.05, 3.63) is 71.5 Å². The second-order valence-electron chi connectivity index (χ2n) is 7.01. The quantitative estimate of drug-likeness (QED) is 0.644. The van der Waals surface area contributed by atoms with Gasteiger partial charge in [-0.1, -0.05) is 48.2 Å². The van der Waals surface area contributed by atoms with E-state index in [-0.39, 0.29) is 23.0 Å². The number of thioether (sulfide) groups is 2. The van der Waals surface area contributed by atoms with Gasteiger partial charge in [0.05, 0.1) is 34.9 Å². The molecule has 1 amide bonds. The fourth-order valence-corrected chi connectivity index (χ4v) is 5.87. The molecule has 1 aliphatic carbocycles. The molecule has 2 aliphatic rings. The van der Waals surface area contributed by atoms with Gasteiger partial charge in [-0.2, -0.15) is 5.26 Å². The summed E-state index contributed by atoms with van der Waals surface area (Å²) in [6.07, 6.45) is 8.26. The first-order valence-corrected chi connectivity index (χ1v) is 11.4. The predicted octanol–water partition coefficient (Wildman–Crippen LogP) is 4.50. The molecule has 0 radical (unpaired) electrons. The van der Waals surface area contributed by atoms with Crippen molar-refractivity contribution in [2.24, 2.45) is 0 Å². The molecule has 0 bridgehead atoms. The number of ether oxygens (including phenoxy) is 1. The molecule has 1 aliphatic heterocycles. The number of hydrogen-bond acceptors (Lipinski definition) is 6. The van der Waals surface area contributed by atoms with Crippen molar-refractivity contribution in [2.45, 2.75) is 34.7 Å². The topological polar surface area (TPSA) is 66.2 Å². The molecule has 30 heavy (non-hydrogen) atoms. The highest BCUT2D eigenvalue weighted by Gasteiger charge is 2.36. The van der Waals surface area contributed by atoms with Crippen molar-refractivity contribution >= 4 is 35.1 Å². The Morgan fingerprint density at radius 2 is 2.13 bits per heavy atom. The van der Waals surface area contributed by atoms with Crippen molar-refractivity contribution in [1.29, 1.82) is 5.26 Å². The number of carbonyl (C=O) groups excluding carboxylic acids is 1. The van der Waals surface area contributed by atoms with Crippen molar-refractivity contribution in [2.75, 3.05) is 17.8 Å². The maximum absolute atomic E-state index is 13.4. The zero-order chi connectivity index (χ0) is 21.1. The van der Waals surface area contributed by atoms with E-state index in [4.69, 9.17) is 4.74 Å². The maximum Gasteiger partial charge on any atom is 0.238 e. The molecule has 0 saturated carbocycles. The molecule has 7 heteroatoms. The van der Waals surface area contributed by atoms with E-state index in [0.717, 1.165) is 21.8 Å². The molecular formula is C23H21N3O2S2. The van der Waals surface area contributed by atoms with Crippen LogP contribution < -0.4 is 4.90 Å². The Labute approximate surface area is 184 Å². The molecule has 1 aromatic carbocycles. The molecule has 0 fully saturated rings. The van der Waals surface area contributed by atoms with Crippen molar-refractivity contribution in [1.82, 2.24) is 4.98 Å². The highest BCUT2D eigenvalue weighted by atomic mass is 32.2. The minimum absolute atomic E-state index is 0.00295. The maximum atomic E-state index is 13.4. The van der Waals surface area contributed by atoms with Crippen LogP contribution >= 0.6 is 23.5 Å². The van der Waals surface area contributed by atoms with Gasteiger partial charge in [0.15, 0.2) is 0 Å². The average Bonchev–Trinajstić information content (AvgIpc) is 2.75. The molecule has 0 saturated heterocycles. The van der Waals surface area contributed by atoms with Crippen LogP contribution in [0.1, 0.15) is 16.8 Å². The Kier molecular flexibility index (Phi) is 6.28. The highest BCUT2D eigenvalue weighted by Crippen LogP contribution is 2.43. The first kappa shape index (κ1) is 20.7. The minimum Gasteiger partial charge on any atom is -0.380 e. The third-order valence-electron chi connectivity index (χ3n) is 4.95. The second-order valence-corrected chi connectivity index (χ2v) is 9.19. The number of para-hydroxylation sites is 1. The van der Waals surface area contributed by atoms with Gasteiger partial charge in [-0.15, -0.1) is 11.8 Å². The van der Waals surface area contributed by atoms with Crippen LogP contribution in [0, 0.1) is 18.3 Å². The molecule has 4 rings (SSSR count). The van der Waals surface area contributed by atoms with E-state index in [1.54, 1.807) is 18.9 Å². The number of benzene rings is 1. The molecule has 2 aromatic rings. The first-order chi connectivity index (χ1) is 14.6. The fraction of sp³-hybridized carbons (Fsp3) is 0.261. The summed E-state index contributed by atoms with van der Waals surface area (Å²) in [5.74, 6) is 0.209. The summed E-state index contributed by atoms with van der Waals surface area (Å²) in [6.45, 7) is 2.22. The summed E-state index contributed by atoms with van der Waals surface area (Å²) in [4.78, 5) is 20.9. The van der Waals surface area contributed by atoms with Crippen LogP contribution in [0.4, 0.5) is 5.69 Å². The number of aryl methyl sites for hydroxylation is 1. The largest absolute Gasteiger partial charge is 0.380 e. The zero-order valence-electron chi connectivity index (χ0n) is 16.7. The average molecular weight is 436 g/mol. The van der Waals surface area contributed by atoms with E-state index in [1.165, 1.54) is 11.8 Å². The van der Waals surface area contributed by atoms with Crippen LogP contribution in [0.25, 0.3) is 0 Å². The van der Waals surface area contributed by atoms with E-state index in [2.05, 4.69) is 29.3 Å². The van der Waals surface area contributed by atoms with Gasteiger partial charge in [0.2, 0.25) is 5.91 Å². The number of allylic oxidation sites excluding steroid dienone is 2. The monoisotopic (exact) mass is 435 g/mol. The minimum atomic E-state index is -0.0204. The lowest BCUT2D eigenvalue weighted by atomic mass is 10.0. The smallest absolute Gasteiger partial charge is 0.238 e. The van der Waals surface area contributed by atoms with Gasteiger partial charge in [0.25, 0.3) is 0 Å². The summed E-state index contributed by atoms with van der Waals surface area (Å²) in [5, 5.41) is 10.4. The van der Waals surface area contributed by atoms with Gasteiger partial charge < -0.3 is 9.64 Å². The Morgan fingerprint density at radius 1 is 1.33 bits per heavy atom. The molecular weight excluding hydrogens is 414 g/mol. The number of anilines is 1. The van der Waals surface area contributed by atoms with E-state index in [0.29, 0.717) is 17.2 Å². The highest BCUT2D eigenvalue weighted by molar-refractivity contribution is 8.00. The molecule has 0 unspecified atom stereocenters. The van der Waals surface area contributed by atoms with Crippen LogP contribution in [0.2, 0.25) is 0 Å². The summed E-state index contributed by atoms with van der Waals surface area (Å²) < 4.78 is 5.22. The Balaban J connectivity index is 1.61. The number of hydrogen-bond donors (Lipinski definition) is 0. The van der Waals surface area contributed by atoms with Crippen LogP contribution in [-0.4, -0.2) is 35.0 Å². The summed E-state index contributed by atoms with van der Waals surface area (Å²) >= 11 is 3.10. The van der Waals surface area contributed by atoms with Gasteiger partial charge in [-0.05, 0) is 30.7 Å². The molecule has 2 heterocycles. The lowest BCUT2D eigenvalue weighted by Gasteiger charge is -2.40. The standard InChI is InChI=1S/C23H21N3O2S2/c1-15-11-16(13-28-2)17(12-24)23(25-15)29-14-22(27)26-18-7-3-5-9-20(18)30-21-10-6-4-8-19(21)26/h3-11,18,20H,13-14H2,1-2H3/t18-,20-/m1/s1. The van der Waals surface area contributed by atoms with E-state index >= 15 is 0 Å². The zero-order valence-corrected chi connectivity index (χ0v) is 18.4. The molecule has 5 nitrogen and oxygen atoms in total. The van der Waals surface area contributed by atoms with Crippen LogP contribution in [0.5, 0.6) is 0 Å². The number of nitrogens with zero attached hydrogens (tertiary/aromatic N) is 3. The third-order valence-corrected chi connectivity index (χ3v) is 7.22. The lowest BCUT2D eigenvalue weighted by Crippen LogP contribution is -2.48. The van der Waals surface area contributed by atoms with Crippen molar-refractivity contribution in [3.63, 3.8) is 0 Å². The summed E-state index contributed by atoms with van der Waals surface area (Å²) in [5.41, 5.74) is 3.01. The number of carbonyl (C=O) groups is 1. The first-order valence-electron chi connectivity index (χ1n) is 9.57. The van der Waals surface area contributed by atoms with Crippen molar-refractivity contribution < 1.29 is 9.53 Å². The molecule has 1 aromatic heterocycles. The number of methoxy groups -OCH3 is 1. The molecule has 0 spiro atoms. The van der Waals surface area contributed by atoms with Gasteiger partial charge >= 0.3 is 0 Å². The molecule has 152 valence electrons. The van der Waals surface area contributed by atoms with E-state index in [9.17, 15) is 10.1 Å². The number of rotatable bonds is 5. The number of nitriles is 1. The fourth-order valence-electron chi connectivity index (χ4n) is 3.68. The second kappa shape index (κ2) is 9.09. The Morgan fingerprint density at radius 3 is 2.93 bits per heavy atom. The number of aromatic nitrogens is 1. The van der Waals surface area contributed by atoms with E-state index in [1.807, 2.05) is 48.2 Å². The van der Waals surface area contributed by atoms with Crippen LogP contribution in [0.15, 0.2) is 64.6 Å². The Bertz CT molecular complexity index is 1070. The van der Waals surface area contributed by atoms with E-state index < -0.39 is 0 Å². The number of fused-ring (bicyclic) bond motifs is 2. The molecule has 2 atom stereocenters. The SMILES string of the molecule is COCc1cc(C)nc(SCC(=O)N2c3ccccc3S[C@@H]3C=CC=C[C@H]32)c1C#N. The predicted molar refractivity (Wildman–Crippen MR) is 121 cm³/mol. The third kappa shape index (κ3) is 4.04. The lowest BCUT2D eigenvalue weighted by molar-refractivity contribution is -0.116. The van der Waals surface area contributed by atoms with Gasteiger partial charge in [0.1, 0.15) is 11.1 Å². The van der Waals surface area contributed by atoms with Gasteiger partial charge in [0, 0.05) is 17.7 Å². The summed E-state index contributed by atoms with van der Waals surface area (Å²) in [6, 6.07) is 12.1. The number of pyridine rings is 1. The summed E-state index contributed by atoms with van der Waals surface area (Å²) in [7, 11) is 1.60.